The van der Waals surface area contributed by atoms with E-state index in [1.165, 1.54) is 27.6 Å². The van der Waals surface area contributed by atoms with Crippen LogP contribution in [-0.2, 0) is 27.8 Å². The second-order valence-electron chi connectivity index (χ2n) is 8.62. The maximum absolute atomic E-state index is 13.5. The lowest BCUT2D eigenvalue weighted by Crippen LogP contribution is -2.61. The average Bonchev–Trinajstić information content (AvgIpc) is 3.46. The van der Waals surface area contributed by atoms with Gasteiger partial charge in [-0.1, -0.05) is 17.7 Å². The van der Waals surface area contributed by atoms with Crippen LogP contribution in [0.25, 0.3) is 10.1 Å². The molecule has 1 unspecified atom stereocenters. The van der Waals surface area contributed by atoms with E-state index in [1.54, 1.807) is 24.3 Å². The van der Waals surface area contributed by atoms with E-state index in [0.29, 0.717) is 10.0 Å². The van der Waals surface area contributed by atoms with E-state index >= 15 is 0 Å². The normalized spacial score (nSPS) is 19.6. The van der Waals surface area contributed by atoms with Gasteiger partial charge in [0.15, 0.2) is 5.01 Å². The van der Waals surface area contributed by atoms with Crippen molar-refractivity contribution in [3.05, 3.63) is 44.9 Å². The van der Waals surface area contributed by atoms with E-state index in [0.717, 1.165) is 51.5 Å². The van der Waals surface area contributed by atoms with Crippen LogP contribution in [0.15, 0.2) is 28.5 Å². The summed E-state index contributed by atoms with van der Waals surface area (Å²) in [6.45, 7) is 1.68. The van der Waals surface area contributed by atoms with Crippen LogP contribution in [0.3, 0.4) is 0 Å². The largest absolute Gasteiger partial charge is 0.357 e. The number of fused-ring (bicyclic) bond motifs is 2. The van der Waals surface area contributed by atoms with Crippen molar-refractivity contribution in [2.45, 2.75) is 23.2 Å². The van der Waals surface area contributed by atoms with Crippen molar-refractivity contribution >= 4 is 66.2 Å². The van der Waals surface area contributed by atoms with Gasteiger partial charge in [-0.2, -0.15) is 4.31 Å². The Balaban J connectivity index is 1.40. The Morgan fingerprint density at radius 1 is 1.17 bits per heavy atom. The molecule has 0 saturated carbocycles. The molecule has 1 saturated heterocycles. The van der Waals surface area contributed by atoms with E-state index < -0.39 is 22.0 Å². The number of halogens is 1. The Labute approximate surface area is 216 Å². The molecule has 1 aromatic carbocycles. The first-order valence-corrected chi connectivity index (χ1v) is 14.5. The van der Waals surface area contributed by atoms with Crippen LogP contribution >= 0.6 is 34.3 Å². The summed E-state index contributed by atoms with van der Waals surface area (Å²) in [4.78, 5) is 35.4. The first kappa shape index (κ1) is 24.6. The van der Waals surface area contributed by atoms with Gasteiger partial charge in [-0.25, -0.2) is 13.4 Å². The molecule has 0 bridgehead atoms. The summed E-state index contributed by atoms with van der Waals surface area (Å²) in [6, 6.07) is 5.89. The number of rotatable bonds is 4. The standard InChI is InChI=1S/C22H24ClN5O4S3/c1-24-20(29)16-11-27(35(31,32)19-9-13-3-4-14(23)10-17(13)33-19)7-8-28(16)22(30)21-25-15-5-6-26(2)12-18(15)34-21/h3-4,9-10,16H,5-8,11-12H2,1-2H3,(H,24,29). The molecule has 5 rings (SSSR count). The highest BCUT2D eigenvalue weighted by Gasteiger charge is 2.41. The Hall–Kier alpha value is -2.09. The summed E-state index contributed by atoms with van der Waals surface area (Å²) < 4.78 is 29.2. The average molecular weight is 554 g/mol. The first-order chi connectivity index (χ1) is 16.7. The molecule has 0 spiro atoms. The third-order valence-electron chi connectivity index (χ3n) is 6.31. The highest BCUT2D eigenvalue weighted by atomic mass is 35.5. The fourth-order valence-corrected chi connectivity index (χ4v) is 8.79. The molecule has 1 N–H and O–H groups in total. The number of carbonyl (C=O) groups is 2. The van der Waals surface area contributed by atoms with Crippen molar-refractivity contribution in [1.82, 2.24) is 24.4 Å². The van der Waals surface area contributed by atoms with Crippen LogP contribution in [0.4, 0.5) is 0 Å². The van der Waals surface area contributed by atoms with Crippen LogP contribution in [0.5, 0.6) is 0 Å². The number of thiazole rings is 1. The maximum atomic E-state index is 13.5. The van der Waals surface area contributed by atoms with Crippen LogP contribution in [0.2, 0.25) is 5.02 Å². The number of nitrogens with one attached hydrogen (secondary N) is 1. The molecular weight excluding hydrogens is 530 g/mol. The summed E-state index contributed by atoms with van der Waals surface area (Å²) >= 11 is 8.55. The van der Waals surface area contributed by atoms with Gasteiger partial charge < -0.3 is 15.1 Å². The number of benzene rings is 1. The number of hydrogen-bond acceptors (Lipinski definition) is 8. The van der Waals surface area contributed by atoms with Gasteiger partial charge in [0, 0.05) is 60.8 Å². The Morgan fingerprint density at radius 3 is 2.74 bits per heavy atom. The zero-order valence-electron chi connectivity index (χ0n) is 19.2. The molecule has 4 heterocycles. The van der Waals surface area contributed by atoms with E-state index in [9.17, 15) is 18.0 Å². The van der Waals surface area contributed by atoms with Gasteiger partial charge >= 0.3 is 0 Å². The minimum absolute atomic E-state index is 0.0877. The Bertz CT molecular complexity index is 1420. The van der Waals surface area contributed by atoms with Crippen molar-refractivity contribution in [2.75, 3.05) is 40.3 Å². The summed E-state index contributed by atoms with van der Waals surface area (Å²) in [5, 5.41) is 4.24. The number of carbonyl (C=O) groups excluding carboxylic acids is 2. The molecule has 1 fully saturated rings. The predicted octanol–water partition coefficient (Wildman–Crippen LogP) is 2.26. The van der Waals surface area contributed by atoms with Crippen molar-refractivity contribution in [3.8, 4) is 0 Å². The third kappa shape index (κ3) is 4.58. The molecule has 2 aliphatic heterocycles. The van der Waals surface area contributed by atoms with E-state index in [4.69, 9.17) is 11.6 Å². The Kier molecular flexibility index (Phi) is 6.62. The maximum Gasteiger partial charge on any atom is 0.283 e. The molecule has 3 aromatic rings. The molecule has 9 nitrogen and oxygen atoms in total. The number of thiophene rings is 1. The van der Waals surface area contributed by atoms with Crippen molar-refractivity contribution in [1.29, 1.82) is 0 Å². The molecule has 1 atom stereocenters. The first-order valence-electron chi connectivity index (χ1n) is 11.1. The van der Waals surface area contributed by atoms with Gasteiger partial charge in [-0.3, -0.25) is 9.59 Å². The van der Waals surface area contributed by atoms with Crippen LogP contribution in [0, 0.1) is 0 Å². The highest BCUT2D eigenvalue weighted by molar-refractivity contribution is 7.91. The topological polar surface area (TPSA) is 103 Å². The zero-order valence-corrected chi connectivity index (χ0v) is 22.4. The molecular formula is C22H24ClN5O4S3. The van der Waals surface area contributed by atoms with Crippen molar-refractivity contribution < 1.29 is 18.0 Å². The molecule has 2 aromatic heterocycles. The van der Waals surface area contributed by atoms with Crippen LogP contribution < -0.4 is 5.32 Å². The molecule has 0 aliphatic carbocycles. The van der Waals surface area contributed by atoms with Crippen LogP contribution in [0.1, 0.15) is 20.4 Å². The number of piperazine rings is 1. The van der Waals surface area contributed by atoms with Gasteiger partial charge in [0.1, 0.15) is 10.3 Å². The SMILES string of the molecule is CNC(=O)C1CN(S(=O)(=O)c2cc3ccc(Cl)cc3s2)CCN1C(=O)c1nc2c(s1)CN(C)CC2. The number of amides is 2. The quantitative estimate of drug-likeness (QED) is 0.532. The van der Waals surface area contributed by atoms with Crippen molar-refractivity contribution in [3.63, 3.8) is 0 Å². The molecule has 0 radical (unpaired) electrons. The van der Waals surface area contributed by atoms with E-state index in [1.807, 2.05) is 7.05 Å². The summed E-state index contributed by atoms with van der Waals surface area (Å²) in [5.41, 5.74) is 0.930. The summed E-state index contributed by atoms with van der Waals surface area (Å²) in [5.74, 6) is -0.753. The second kappa shape index (κ2) is 9.41. The van der Waals surface area contributed by atoms with E-state index in [2.05, 4.69) is 15.2 Å². The zero-order chi connectivity index (χ0) is 24.9. The monoisotopic (exact) mass is 553 g/mol. The lowest BCUT2D eigenvalue weighted by atomic mass is 10.1. The summed E-state index contributed by atoms with van der Waals surface area (Å²) in [6.07, 6.45) is 0.779. The Morgan fingerprint density at radius 2 is 1.97 bits per heavy atom. The fraction of sp³-hybridized carbons (Fsp3) is 0.409. The van der Waals surface area contributed by atoms with Gasteiger partial charge in [-0.15, -0.1) is 22.7 Å². The summed E-state index contributed by atoms with van der Waals surface area (Å²) in [7, 11) is -0.359. The van der Waals surface area contributed by atoms with Gasteiger partial charge in [0.25, 0.3) is 15.9 Å². The third-order valence-corrected chi connectivity index (χ3v) is 11.0. The van der Waals surface area contributed by atoms with Crippen molar-refractivity contribution in [2.24, 2.45) is 0 Å². The number of likely N-dealkylation sites (N-methyl/N-ethyl adjacent to an activating group) is 2. The van der Waals surface area contributed by atoms with Crippen LogP contribution in [-0.4, -0.2) is 85.6 Å². The highest BCUT2D eigenvalue weighted by Crippen LogP contribution is 2.34. The second-order valence-corrected chi connectivity index (χ2v) is 13.4. The number of aromatic nitrogens is 1. The predicted molar refractivity (Wildman–Crippen MR) is 137 cm³/mol. The minimum atomic E-state index is -3.86. The van der Waals surface area contributed by atoms with Gasteiger partial charge in [-0.05, 0) is 30.6 Å². The minimum Gasteiger partial charge on any atom is -0.357 e. The molecule has 13 heteroatoms. The lowest BCUT2D eigenvalue weighted by Gasteiger charge is -2.39. The molecule has 2 amide bonds. The lowest BCUT2D eigenvalue weighted by molar-refractivity contribution is -0.126. The number of nitrogens with zero attached hydrogens (tertiary/aromatic N) is 4. The molecule has 186 valence electrons. The smallest absolute Gasteiger partial charge is 0.283 e. The van der Waals surface area contributed by atoms with Gasteiger partial charge in [0.2, 0.25) is 5.91 Å². The number of sulfonamides is 1. The molecule has 35 heavy (non-hydrogen) atoms. The number of hydrogen-bond donors (Lipinski definition) is 1. The van der Waals surface area contributed by atoms with Gasteiger partial charge in [0.05, 0.1) is 5.69 Å². The fourth-order valence-electron chi connectivity index (χ4n) is 4.38. The molecule has 2 aliphatic rings. The van der Waals surface area contributed by atoms with E-state index in [-0.39, 0.29) is 29.8 Å².